The van der Waals surface area contributed by atoms with Gasteiger partial charge in [0.25, 0.3) is 0 Å². The van der Waals surface area contributed by atoms with Crippen LogP contribution >= 0.6 is 0 Å². The summed E-state index contributed by atoms with van der Waals surface area (Å²) < 4.78 is 100. The summed E-state index contributed by atoms with van der Waals surface area (Å²) in [6, 6.07) is 23.3. The van der Waals surface area contributed by atoms with Gasteiger partial charge in [0.15, 0.2) is 0 Å². The van der Waals surface area contributed by atoms with E-state index in [1.807, 2.05) is 0 Å². The number of ether oxygens (including phenoxy) is 2. The van der Waals surface area contributed by atoms with Crippen molar-refractivity contribution < 1.29 is 45.0 Å². The topological polar surface area (TPSA) is 47.6 Å². The van der Waals surface area contributed by atoms with Crippen LogP contribution in [0.25, 0.3) is 0 Å². The van der Waals surface area contributed by atoms with Crippen LogP contribution in [-0.2, 0) is 23.2 Å². The number of hydrogen-bond acceptors (Lipinski definition) is 3. The predicted molar refractivity (Wildman–Crippen MR) is 135 cm³/mol. The second-order valence-electron chi connectivity index (χ2n) is 9.07. The molecule has 1 N–H and O–H groups in total. The zero-order valence-electron chi connectivity index (χ0n) is 21.1. The minimum absolute atomic E-state index is 0.0755. The molecule has 0 bridgehead atoms. The van der Waals surface area contributed by atoms with Crippen LogP contribution in [0.15, 0.2) is 103 Å². The smallest absolute Gasteiger partial charge is 0.406 e. The number of hydrogen-bond donors (Lipinski definition) is 1. The van der Waals surface area contributed by atoms with Gasteiger partial charge in [0.2, 0.25) is 5.91 Å². The first kappa shape index (κ1) is 29.4. The Labute approximate surface area is 230 Å². The summed E-state index contributed by atoms with van der Waals surface area (Å²) in [6.45, 7) is 0. The summed E-state index contributed by atoms with van der Waals surface area (Å²) in [5.74, 6) is -2.34. The summed E-state index contributed by atoms with van der Waals surface area (Å²) in [5, 5.41) is 2.85. The lowest BCUT2D eigenvalue weighted by molar-refractivity contribution is -0.275. The van der Waals surface area contributed by atoms with Gasteiger partial charge in [-0.3, -0.25) is 4.79 Å². The second-order valence-corrected chi connectivity index (χ2v) is 9.07. The van der Waals surface area contributed by atoms with Crippen LogP contribution in [0.5, 0.6) is 11.5 Å². The third-order valence-electron chi connectivity index (χ3n) is 6.06. The fourth-order valence-corrected chi connectivity index (χ4v) is 4.45. The molecule has 11 heteroatoms. The number of carbonyl (C=O) groups is 1. The van der Waals surface area contributed by atoms with Crippen LogP contribution in [-0.4, -0.2) is 18.6 Å². The third kappa shape index (κ3) is 8.23. The number of nitrogens with one attached hydrogen (secondary N) is 1. The highest BCUT2D eigenvalue weighted by Crippen LogP contribution is 2.38. The Morgan fingerprint density at radius 3 is 1.63 bits per heavy atom. The maximum Gasteiger partial charge on any atom is 0.573 e. The van der Waals surface area contributed by atoms with Gasteiger partial charge in [0.1, 0.15) is 17.3 Å². The molecule has 0 saturated heterocycles. The van der Waals surface area contributed by atoms with E-state index >= 15 is 0 Å². The maximum atomic E-state index is 13.4. The van der Waals surface area contributed by atoms with E-state index in [0.717, 1.165) is 36.4 Å². The van der Waals surface area contributed by atoms with Crippen molar-refractivity contribution in [1.82, 2.24) is 5.32 Å². The number of rotatable bonds is 9. The SMILES string of the molecule is O=C(Cc1ccc(F)cc1)NC(Cc1ccccc1)(c1cccc(OC(F)(F)F)c1)c1cccc(OC(F)(F)F)c1. The molecule has 0 atom stereocenters. The molecule has 0 aromatic heterocycles. The van der Waals surface area contributed by atoms with E-state index in [4.69, 9.17) is 0 Å². The first-order chi connectivity index (χ1) is 19.3. The van der Waals surface area contributed by atoms with Crippen molar-refractivity contribution in [1.29, 1.82) is 0 Å². The summed E-state index contributed by atoms with van der Waals surface area (Å²) in [5.41, 5.74) is -0.465. The highest BCUT2D eigenvalue weighted by atomic mass is 19.4. The van der Waals surface area contributed by atoms with Crippen LogP contribution in [0.4, 0.5) is 30.7 Å². The molecule has 0 fully saturated rings. The van der Waals surface area contributed by atoms with Crippen molar-refractivity contribution >= 4 is 5.91 Å². The van der Waals surface area contributed by atoms with Gasteiger partial charge in [-0.25, -0.2) is 4.39 Å². The van der Waals surface area contributed by atoms with Gasteiger partial charge >= 0.3 is 12.7 Å². The van der Waals surface area contributed by atoms with Gasteiger partial charge in [-0.1, -0.05) is 66.7 Å². The number of halogens is 7. The minimum Gasteiger partial charge on any atom is -0.406 e. The molecule has 4 aromatic rings. The fraction of sp³-hybridized carbons (Fsp3) is 0.167. The summed E-state index contributed by atoms with van der Waals surface area (Å²) in [7, 11) is 0. The van der Waals surface area contributed by atoms with Crippen molar-refractivity contribution in [2.45, 2.75) is 31.1 Å². The van der Waals surface area contributed by atoms with Gasteiger partial charge in [0.05, 0.1) is 12.0 Å². The molecule has 0 aliphatic heterocycles. The molecule has 4 aromatic carbocycles. The van der Waals surface area contributed by atoms with Gasteiger partial charge in [-0.05, 0) is 58.7 Å². The van der Waals surface area contributed by atoms with Crippen LogP contribution in [0.3, 0.4) is 0 Å². The highest BCUT2D eigenvalue weighted by Gasteiger charge is 2.39. The zero-order chi connectivity index (χ0) is 29.7. The second kappa shape index (κ2) is 11.9. The Morgan fingerprint density at radius 1 is 0.634 bits per heavy atom. The number of benzene rings is 4. The number of amides is 1. The van der Waals surface area contributed by atoms with E-state index in [9.17, 15) is 35.5 Å². The lowest BCUT2D eigenvalue weighted by atomic mass is 9.77. The highest BCUT2D eigenvalue weighted by molar-refractivity contribution is 5.80. The number of carbonyl (C=O) groups excluding carboxylic acids is 1. The molecule has 4 rings (SSSR count). The molecule has 1 amide bonds. The van der Waals surface area contributed by atoms with Crippen molar-refractivity contribution in [3.8, 4) is 11.5 Å². The standard InChI is InChI=1S/C30H22F7NO3/c31-24-14-12-20(13-15-24)16-27(39)38-28(19-21-6-2-1-3-7-21,22-8-4-10-25(17-22)40-29(32,33)34)23-9-5-11-26(18-23)41-30(35,36)37/h1-15,17-18H,16,19H2,(H,38,39). The van der Waals surface area contributed by atoms with E-state index in [1.165, 1.54) is 36.4 Å². The minimum atomic E-state index is -5.02. The quantitative estimate of drug-likeness (QED) is 0.210. The van der Waals surface area contributed by atoms with Gasteiger partial charge < -0.3 is 14.8 Å². The molecule has 0 saturated carbocycles. The molecule has 0 spiro atoms. The Bertz CT molecular complexity index is 1410. The van der Waals surface area contributed by atoms with E-state index < -0.39 is 41.5 Å². The Hall–Kier alpha value is -4.54. The average molecular weight is 577 g/mol. The van der Waals surface area contributed by atoms with Gasteiger partial charge in [0, 0.05) is 6.42 Å². The molecule has 0 radical (unpaired) electrons. The van der Waals surface area contributed by atoms with Gasteiger partial charge in [-0.2, -0.15) is 0 Å². The zero-order valence-corrected chi connectivity index (χ0v) is 21.1. The predicted octanol–water partition coefficient (Wildman–Crippen LogP) is 7.47. The van der Waals surface area contributed by atoms with Crippen molar-refractivity contribution in [3.05, 3.63) is 131 Å². The first-order valence-corrected chi connectivity index (χ1v) is 12.1. The van der Waals surface area contributed by atoms with Crippen LogP contribution < -0.4 is 14.8 Å². The normalized spacial score (nSPS) is 12.1. The van der Waals surface area contributed by atoms with Crippen molar-refractivity contribution in [3.63, 3.8) is 0 Å². The Balaban J connectivity index is 1.88. The third-order valence-corrected chi connectivity index (χ3v) is 6.06. The Morgan fingerprint density at radius 2 is 1.15 bits per heavy atom. The van der Waals surface area contributed by atoms with E-state index in [2.05, 4.69) is 14.8 Å². The molecule has 0 aliphatic carbocycles. The van der Waals surface area contributed by atoms with E-state index in [-0.39, 0.29) is 24.0 Å². The molecule has 0 aliphatic rings. The monoisotopic (exact) mass is 577 g/mol. The number of alkyl halides is 6. The fourth-order valence-electron chi connectivity index (χ4n) is 4.45. The maximum absolute atomic E-state index is 13.4. The molecular formula is C30H22F7NO3. The molecule has 214 valence electrons. The lowest BCUT2D eigenvalue weighted by Gasteiger charge is -2.37. The molecule has 4 nitrogen and oxygen atoms in total. The van der Waals surface area contributed by atoms with Crippen molar-refractivity contribution in [2.24, 2.45) is 0 Å². The molecule has 0 unspecified atom stereocenters. The molecular weight excluding hydrogens is 555 g/mol. The summed E-state index contributed by atoms with van der Waals surface area (Å²) in [6.07, 6.45) is -10.4. The van der Waals surface area contributed by atoms with Crippen LogP contribution in [0, 0.1) is 5.82 Å². The Kier molecular flexibility index (Phi) is 8.55. The van der Waals surface area contributed by atoms with Crippen LogP contribution in [0.2, 0.25) is 0 Å². The van der Waals surface area contributed by atoms with Crippen molar-refractivity contribution in [2.75, 3.05) is 0 Å². The van der Waals surface area contributed by atoms with Crippen LogP contribution in [0.1, 0.15) is 22.3 Å². The van der Waals surface area contributed by atoms with Gasteiger partial charge in [-0.15, -0.1) is 26.3 Å². The molecule has 0 heterocycles. The average Bonchev–Trinajstić information content (AvgIpc) is 2.88. The molecule has 41 heavy (non-hydrogen) atoms. The lowest BCUT2D eigenvalue weighted by Crippen LogP contribution is -2.49. The first-order valence-electron chi connectivity index (χ1n) is 12.1. The summed E-state index contributed by atoms with van der Waals surface area (Å²) in [4.78, 5) is 13.4. The summed E-state index contributed by atoms with van der Waals surface area (Å²) >= 11 is 0. The van der Waals surface area contributed by atoms with E-state index in [1.54, 1.807) is 30.3 Å². The largest absolute Gasteiger partial charge is 0.573 e. The van der Waals surface area contributed by atoms with E-state index in [0.29, 0.717) is 11.1 Å².